The summed E-state index contributed by atoms with van der Waals surface area (Å²) in [5.74, 6) is -1.06. The van der Waals surface area contributed by atoms with Crippen LogP contribution in [0.15, 0.2) is 48.5 Å². The van der Waals surface area contributed by atoms with Crippen LogP contribution in [0.4, 0.5) is 5.69 Å². The van der Waals surface area contributed by atoms with Gasteiger partial charge in [-0.25, -0.2) is 0 Å². The quantitative estimate of drug-likeness (QED) is 0.569. The SMILES string of the molecule is COc1ccccc1N(C=O)C(C)C(=O)C(=O)NCc1ccc(Cl)cc1. The maximum atomic E-state index is 12.4. The minimum absolute atomic E-state index is 0.185. The number of anilines is 1. The summed E-state index contributed by atoms with van der Waals surface area (Å²) < 4.78 is 5.21. The highest BCUT2D eigenvalue weighted by Crippen LogP contribution is 2.28. The van der Waals surface area contributed by atoms with Gasteiger partial charge in [-0.05, 0) is 36.8 Å². The van der Waals surface area contributed by atoms with Gasteiger partial charge in [-0.2, -0.15) is 0 Å². The van der Waals surface area contributed by atoms with Gasteiger partial charge in [0.1, 0.15) is 11.8 Å². The van der Waals surface area contributed by atoms with Gasteiger partial charge in [-0.1, -0.05) is 35.9 Å². The minimum atomic E-state index is -0.978. The van der Waals surface area contributed by atoms with Gasteiger partial charge in [-0.15, -0.1) is 0 Å². The zero-order valence-electron chi connectivity index (χ0n) is 14.4. The Kier molecular flexibility index (Phi) is 6.74. The molecule has 7 heteroatoms. The highest BCUT2D eigenvalue weighted by molar-refractivity contribution is 6.39. The second kappa shape index (κ2) is 9.01. The van der Waals surface area contributed by atoms with Crippen molar-refractivity contribution in [3.8, 4) is 5.75 Å². The second-order valence-corrected chi connectivity index (χ2v) is 5.97. The fourth-order valence-corrected chi connectivity index (χ4v) is 2.51. The summed E-state index contributed by atoms with van der Waals surface area (Å²) in [5.41, 5.74) is 1.22. The van der Waals surface area contributed by atoms with Crippen molar-refractivity contribution in [2.24, 2.45) is 0 Å². The monoisotopic (exact) mass is 374 g/mol. The van der Waals surface area contributed by atoms with Gasteiger partial charge in [-0.3, -0.25) is 14.4 Å². The van der Waals surface area contributed by atoms with Crippen LogP contribution in [0.2, 0.25) is 5.02 Å². The largest absolute Gasteiger partial charge is 0.495 e. The molecule has 6 nitrogen and oxygen atoms in total. The van der Waals surface area contributed by atoms with E-state index in [0.717, 1.165) is 5.56 Å². The molecule has 0 aromatic heterocycles. The summed E-state index contributed by atoms with van der Waals surface area (Å²) in [6.45, 7) is 1.68. The Balaban J connectivity index is 2.07. The third-order valence-electron chi connectivity index (χ3n) is 3.86. The fraction of sp³-hybridized carbons (Fsp3) is 0.211. The lowest BCUT2D eigenvalue weighted by Gasteiger charge is -2.25. The first-order chi connectivity index (χ1) is 12.5. The van der Waals surface area contributed by atoms with Crippen LogP contribution in [-0.2, 0) is 20.9 Å². The van der Waals surface area contributed by atoms with Crippen LogP contribution >= 0.6 is 11.6 Å². The maximum Gasteiger partial charge on any atom is 0.289 e. The third-order valence-corrected chi connectivity index (χ3v) is 4.12. The van der Waals surface area contributed by atoms with Crippen LogP contribution in [0.5, 0.6) is 5.75 Å². The van der Waals surface area contributed by atoms with Crippen molar-refractivity contribution in [1.29, 1.82) is 0 Å². The van der Waals surface area contributed by atoms with Gasteiger partial charge >= 0.3 is 0 Å². The summed E-state index contributed by atoms with van der Waals surface area (Å²) in [5, 5.41) is 3.14. The molecule has 0 aliphatic heterocycles. The number of carbonyl (C=O) groups is 3. The van der Waals surface area contributed by atoms with Crippen molar-refractivity contribution in [3.63, 3.8) is 0 Å². The van der Waals surface area contributed by atoms with Gasteiger partial charge in [0.25, 0.3) is 5.91 Å². The Labute approximate surface area is 156 Å². The standard InChI is InChI=1S/C19H19ClN2O4/c1-13(22(12-23)16-5-3-4-6-17(16)26-2)18(24)19(25)21-11-14-7-9-15(20)10-8-14/h3-10,12-13H,11H2,1-2H3,(H,21,25). The van der Waals surface area contributed by atoms with Crippen LogP contribution in [-0.4, -0.2) is 31.3 Å². The predicted molar refractivity (Wildman–Crippen MR) is 99.3 cm³/mol. The first kappa shape index (κ1) is 19.5. The lowest BCUT2D eigenvalue weighted by atomic mass is 10.1. The molecule has 0 heterocycles. The highest BCUT2D eigenvalue weighted by atomic mass is 35.5. The van der Waals surface area contributed by atoms with Gasteiger partial charge < -0.3 is 15.0 Å². The molecule has 0 aliphatic rings. The number of hydrogen-bond donors (Lipinski definition) is 1. The highest BCUT2D eigenvalue weighted by Gasteiger charge is 2.28. The van der Waals surface area contributed by atoms with Crippen LogP contribution in [0.3, 0.4) is 0 Å². The zero-order valence-corrected chi connectivity index (χ0v) is 15.2. The molecule has 1 unspecified atom stereocenters. The number of amides is 2. The fourth-order valence-electron chi connectivity index (χ4n) is 2.39. The van der Waals surface area contributed by atoms with Crippen molar-refractivity contribution >= 4 is 35.4 Å². The van der Waals surface area contributed by atoms with E-state index in [9.17, 15) is 14.4 Å². The number of rotatable bonds is 8. The van der Waals surface area contributed by atoms with E-state index in [4.69, 9.17) is 16.3 Å². The molecule has 0 bridgehead atoms. The van der Waals surface area contributed by atoms with Gasteiger partial charge in [0.2, 0.25) is 12.2 Å². The summed E-state index contributed by atoms with van der Waals surface area (Å²) in [6.07, 6.45) is 0.507. The third kappa shape index (κ3) is 4.61. The van der Waals surface area contributed by atoms with Crippen molar-refractivity contribution in [3.05, 3.63) is 59.1 Å². The van der Waals surface area contributed by atoms with E-state index < -0.39 is 17.7 Å². The maximum absolute atomic E-state index is 12.4. The average molecular weight is 375 g/mol. The molecule has 0 radical (unpaired) electrons. The van der Waals surface area contributed by atoms with Crippen molar-refractivity contribution < 1.29 is 19.1 Å². The molecule has 2 aromatic rings. The smallest absolute Gasteiger partial charge is 0.289 e. The number of para-hydroxylation sites is 2. The number of methoxy groups -OCH3 is 1. The van der Waals surface area contributed by atoms with Gasteiger partial charge in [0.15, 0.2) is 0 Å². The number of nitrogens with one attached hydrogen (secondary N) is 1. The zero-order chi connectivity index (χ0) is 19.1. The van der Waals surface area contributed by atoms with Crippen molar-refractivity contribution in [2.45, 2.75) is 19.5 Å². The van der Waals surface area contributed by atoms with Crippen molar-refractivity contribution in [1.82, 2.24) is 5.32 Å². The van der Waals surface area contributed by atoms with Crippen LogP contribution < -0.4 is 15.0 Å². The first-order valence-corrected chi connectivity index (χ1v) is 8.29. The molecule has 0 aliphatic carbocycles. The number of hydrogen-bond acceptors (Lipinski definition) is 4. The summed E-state index contributed by atoms with van der Waals surface area (Å²) in [7, 11) is 1.47. The molecule has 0 saturated carbocycles. The number of carbonyl (C=O) groups excluding carboxylic acids is 3. The Hall–Kier alpha value is -2.86. The second-order valence-electron chi connectivity index (χ2n) is 5.53. The van der Waals surface area contributed by atoms with E-state index in [-0.39, 0.29) is 6.54 Å². The first-order valence-electron chi connectivity index (χ1n) is 7.91. The Morgan fingerprint density at radius 3 is 2.46 bits per heavy atom. The molecule has 1 atom stereocenters. The number of nitrogens with zero attached hydrogens (tertiary/aromatic N) is 1. The van der Waals surface area contributed by atoms with E-state index >= 15 is 0 Å². The lowest BCUT2D eigenvalue weighted by molar-refractivity contribution is -0.138. The average Bonchev–Trinajstić information content (AvgIpc) is 2.67. The topological polar surface area (TPSA) is 75.7 Å². The Morgan fingerprint density at radius 1 is 1.19 bits per heavy atom. The van der Waals surface area contributed by atoms with E-state index in [1.165, 1.54) is 18.9 Å². The van der Waals surface area contributed by atoms with Crippen LogP contribution in [0.25, 0.3) is 0 Å². The van der Waals surface area contributed by atoms with Gasteiger partial charge in [0, 0.05) is 11.6 Å². The number of halogens is 1. The molecule has 0 saturated heterocycles. The molecule has 2 amide bonds. The summed E-state index contributed by atoms with van der Waals surface area (Å²) >= 11 is 5.81. The van der Waals surface area contributed by atoms with E-state index in [0.29, 0.717) is 22.9 Å². The van der Waals surface area contributed by atoms with E-state index in [2.05, 4.69) is 5.32 Å². The Bertz CT molecular complexity index is 792. The molecule has 26 heavy (non-hydrogen) atoms. The minimum Gasteiger partial charge on any atom is -0.495 e. The molecule has 1 N–H and O–H groups in total. The summed E-state index contributed by atoms with van der Waals surface area (Å²) in [6, 6.07) is 12.7. The molecule has 2 aromatic carbocycles. The number of benzene rings is 2. The number of ether oxygens (including phenoxy) is 1. The van der Waals surface area contributed by atoms with Crippen molar-refractivity contribution in [2.75, 3.05) is 12.0 Å². The molecule has 2 rings (SSSR count). The predicted octanol–water partition coefficient (Wildman–Crippen LogP) is 2.59. The number of ketones is 1. The molecular formula is C19H19ClN2O4. The van der Waals surface area contributed by atoms with E-state index in [1.807, 2.05) is 0 Å². The molecule has 136 valence electrons. The van der Waals surface area contributed by atoms with Gasteiger partial charge in [0.05, 0.1) is 12.8 Å². The molecule has 0 fully saturated rings. The molecule has 0 spiro atoms. The number of Topliss-reactive ketones (excluding diaryl/α,β-unsaturated/α-hetero) is 1. The summed E-state index contributed by atoms with van der Waals surface area (Å²) in [4.78, 5) is 37.3. The van der Waals surface area contributed by atoms with Crippen LogP contribution in [0, 0.1) is 0 Å². The Morgan fingerprint density at radius 2 is 1.85 bits per heavy atom. The van der Waals surface area contributed by atoms with Crippen LogP contribution in [0.1, 0.15) is 12.5 Å². The molecular weight excluding hydrogens is 356 g/mol. The lowest BCUT2D eigenvalue weighted by Crippen LogP contribution is -2.45. The normalized spacial score (nSPS) is 11.3. The van der Waals surface area contributed by atoms with E-state index in [1.54, 1.807) is 48.5 Å².